The first-order valence-corrected chi connectivity index (χ1v) is 3.86. The molecule has 0 spiro atoms. The predicted molar refractivity (Wildman–Crippen MR) is 37.8 cm³/mol. The van der Waals surface area contributed by atoms with Gasteiger partial charge >= 0.3 is 12.1 Å². The third kappa shape index (κ3) is 2.12. The van der Waals surface area contributed by atoms with E-state index in [1.165, 1.54) is 6.92 Å². The van der Waals surface area contributed by atoms with Crippen LogP contribution in [-0.4, -0.2) is 41.3 Å². The van der Waals surface area contributed by atoms with Gasteiger partial charge in [0.05, 0.1) is 6.10 Å². The SMILES string of the molecule is C[C@@H](O)C1CN(C(=O)C(F)(F)F)C1. The van der Waals surface area contributed by atoms with Gasteiger partial charge < -0.3 is 10.0 Å². The number of alkyl halides is 3. The van der Waals surface area contributed by atoms with E-state index >= 15 is 0 Å². The second kappa shape index (κ2) is 3.17. The Kier molecular flexibility index (Phi) is 2.51. The Balaban J connectivity index is 2.40. The molecule has 0 aliphatic carbocycles. The Hall–Kier alpha value is -0.780. The second-order valence-corrected chi connectivity index (χ2v) is 3.21. The minimum Gasteiger partial charge on any atom is -0.393 e. The molecule has 1 saturated heterocycles. The lowest BCUT2D eigenvalue weighted by Gasteiger charge is -2.40. The molecule has 0 aromatic rings. The number of carbonyl (C=O) groups excluding carboxylic acids is 1. The third-order valence-corrected chi connectivity index (χ3v) is 2.12. The van der Waals surface area contributed by atoms with E-state index in [1.807, 2.05) is 0 Å². The zero-order chi connectivity index (χ0) is 10.2. The van der Waals surface area contributed by atoms with Crippen LogP contribution in [0.2, 0.25) is 0 Å². The Morgan fingerprint density at radius 1 is 1.54 bits per heavy atom. The van der Waals surface area contributed by atoms with Crippen LogP contribution in [0.5, 0.6) is 0 Å². The van der Waals surface area contributed by atoms with Crippen LogP contribution in [0.3, 0.4) is 0 Å². The Morgan fingerprint density at radius 3 is 2.31 bits per heavy atom. The zero-order valence-corrected chi connectivity index (χ0v) is 7.01. The van der Waals surface area contributed by atoms with Gasteiger partial charge in [-0.15, -0.1) is 0 Å². The van der Waals surface area contributed by atoms with Crippen molar-refractivity contribution in [2.24, 2.45) is 5.92 Å². The smallest absolute Gasteiger partial charge is 0.393 e. The molecule has 0 unspecified atom stereocenters. The van der Waals surface area contributed by atoms with E-state index in [0.29, 0.717) is 4.90 Å². The van der Waals surface area contributed by atoms with Crippen LogP contribution < -0.4 is 0 Å². The molecule has 13 heavy (non-hydrogen) atoms. The van der Waals surface area contributed by atoms with E-state index in [9.17, 15) is 18.0 Å². The summed E-state index contributed by atoms with van der Waals surface area (Å²) in [5, 5.41) is 8.96. The maximum atomic E-state index is 11.8. The first-order chi connectivity index (χ1) is 5.82. The minimum absolute atomic E-state index is 0.00396. The molecule has 0 aromatic carbocycles. The van der Waals surface area contributed by atoms with Crippen molar-refractivity contribution in [1.29, 1.82) is 0 Å². The van der Waals surface area contributed by atoms with Gasteiger partial charge in [0.2, 0.25) is 0 Å². The van der Waals surface area contributed by atoms with Gasteiger partial charge in [0, 0.05) is 19.0 Å². The lowest BCUT2D eigenvalue weighted by atomic mass is 9.95. The fourth-order valence-electron chi connectivity index (χ4n) is 1.16. The molecule has 1 fully saturated rings. The van der Waals surface area contributed by atoms with Crippen LogP contribution >= 0.6 is 0 Å². The lowest BCUT2D eigenvalue weighted by molar-refractivity contribution is -0.193. The highest BCUT2D eigenvalue weighted by Crippen LogP contribution is 2.26. The van der Waals surface area contributed by atoms with Crippen molar-refractivity contribution in [2.45, 2.75) is 19.2 Å². The summed E-state index contributed by atoms with van der Waals surface area (Å²) >= 11 is 0. The summed E-state index contributed by atoms with van der Waals surface area (Å²) in [6, 6.07) is 0. The summed E-state index contributed by atoms with van der Waals surface area (Å²) in [6.07, 6.45) is -5.44. The van der Waals surface area contributed by atoms with Crippen molar-refractivity contribution in [3.63, 3.8) is 0 Å². The van der Waals surface area contributed by atoms with Gasteiger partial charge in [-0.3, -0.25) is 4.79 Å². The molecule has 1 rings (SSSR count). The van der Waals surface area contributed by atoms with Gasteiger partial charge in [-0.2, -0.15) is 13.2 Å². The third-order valence-electron chi connectivity index (χ3n) is 2.12. The van der Waals surface area contributed by atoms with E-state index in [2.05, 4.69) is 0 Å². The summed E-state index contributed by atoms with van der Waals surface area (Å²) in [6.45, 7) is 1.49. The molecule has 6 heteroatoms. The summed E-state index contributed by atoms with van der Waals surface area (Å²) in [7, 11) is 0. The largest absolute Gasteiger partial charge is 0.471 e. The van der Waals surface area contributed by atoms with Crippen LogP contribution in [0.4, 0.5) is 13.2 Å². The van der Waals surface area contributed by atoms with Crippen LogP contribution in [0.15, 0.2) is 0 Å². The number of carbonyl (C=O) groups is 1. The summed E-state index contributed by atoms with van der Waals surface area (Å²) in [5.74, 6) is -2.03. The van der Waals surface area contributed by atoms with Crippen molar-refractivity contribution in [2.75, 3.05) is 13.1 Å². The molecule has 76 valence electrons. The number of nitrogens with zero attached hydrogens (tertiary/aromatic N) is 1. The van der Waals surface area contributed by atoms with E-state index in [0.717, 1.165) is 0 Å². The number of halogens is 3. The fraction of sp³-hybridized carbons (Fsp3) is 0.857. The van der Waals surface area contributed by atoms with Gasteiger partial charge in [-0.1, -0.05) is 0 Å². The Morgan fingerprint density at radius 2 is 2.00 bits per heavy atom. The number of rotatable bonds is 1. The number of hydrogen-bond donors (Lipinski definition) is 1. The quantitative estimate of drug-likeness (QED) is 0.660. The standard InChI is InChI=1S/C7H10F3NO2/c1-4(12)5-2-11(3-5)6(13)7(8,9)10/h4-5,12H,2-3H2,1H3/t4-/m1/s1. The van der Waals surface area contributed by atoms with E-state index in [-0.39, 0.29) is 19.0 Å². The van der Waals surface area contributed by atoms with Gasteiger partial charge in [0.15, 0.2) is 0 Å². The number of hydrogen-bond acceptors (Lipinski definition) is 2. The topological polar surface area (TPSA) is 40.5 Å². The molecule has 0 bridgehead atoms. The van der Waals surface area contributed by atoms with Gasteiger partial charge in [0.1, 0.15) is 0 Å². The molecule has 0 aromatic heterocycles. The molecule has 1 N–H and O–H groups in total. The molecular formula is C7H10F3NO2. The molecule has 0 radical (unpaired) electrons. The van der Waals surface area contributed by atoms with Crippen molar-refractivity contribution in [1.82, 2.24) is 4.90 Å². The monoisotopic (exact) mass is 197 g/mol. The number of likely N-dealkylation sites (tertiary alicyclic amines) is 1. The highest BCUT2D eigenvalue weighted by molar-refractivity contribution is 5.82. The van der Waals surface area contributed by atoms with Crippen molar-refractivity contribution in [3.8, 4) is 0 Å². The molecule has 3 nitrogen and oxygen atoms in total. The van der Waals surface area contributed by atoms with Crippen molar-refractivity contribution in [3.05, 3.63) is 0 Å². The Labute approximate surface area is 73.1 Å². The Bertz CT molecular complexity index is 208. The maximum Gasteiger partial charge on any atom is 0.471 e. The average molecular weight is 197 g/mol. The summed E-state index contributed by atoms with van der Waals surface area (Å²) in [4.78, 5) is 11.2. The highest BCUT2D eigenvalue weighted by Gasteiger charge is 2.47. The van der Waals surface area contributed by atoms with Gasteiger partial charge in [-0.05, 0) is 6.92 Å². The predicted octanol–water partition coefficient (Wildman–Crippen LogP) is 0.388. The minimum atomic E-state index is -4.79. The molecule has 1 heterocycles. The lowest BCUT2D eigenvalue weighted by Crippen LogP contribution is -2.57. The molecule has 1 atom stereocenters. The van der Waals surface area contributed by atoms with Crippen LogP contribution in [0.25, 0.3) is 0 Å². The zero-order valence-electron chi connectivity index (χ0n) is 7.01. The number of amides is 1. The number of aliphatic hydroxyl groups excluding tert-OH is 1. The normalized spacial score (nSPS) is 21.2. The molecule has 0 saturated carbocycles. The van der Waals surface area contributed by atoms with Crippen molar-refractivity contribution >= 4 is 5.91 Å². The first-order valence-electron chi connectivity index (χ1n) is 3.86. The highest BCUT2D eigenvalue weighted by atomic mass is 19.4. The van der Waals surface area contributed by atoms with E-state index in [1.54, 1.807) is 0 Å². The molecule has 1 amide bonds. The average Bonchev–Trinajstić information content (AvgIpc) is 1.80. The van der Waals surface area contributed by atoms with Crippen molar-refractivity contribution < 1.29 is 23.1 Å². The fourth-order valence-corrected chi connectivity index (χ4v) is 1.16. The van der Waals surface area contributed by atoms with Crippen LogP contribution in [0, 0.1) is 5.92 Å². The van der Waals surface area contributed by atoms with Crippen LogP contribution in [0.1, 0.15) is 6.92 Å². The summed E-state index contributed by atoms with van der Waals surface area (Å²) in [5.41, 5.74) is 0. The second-order valence-electron chi connectivity index (χ2n) is 3.21. The number of aliphatic hydroxyl groups is 1. The summed E-state index contributed by atoms with van der Waals surface area (Å²) < 4.78 is 35.4. The van der Waals surface area contributed by atoms with Crippen LogP contribution in [-0.2, 0) is 4.79 Å². The van der Waals surface area contributed by atoms with Gasteiger partial charge in [0.25, 0.3) is 0 Å². The van der Waals surface area contributed by atoms with Gasteiger partial charge in [-0.25, -0.2) is 0 Å². The van der Waals surface area contributed by atoms with E-state index in [4.69, 9.17) is 5.11 Å². The maximum absolute atomic E-state index is 11.8. The van der Waals surface area contributed by atoms with E-state index < -0.39 is 18.2 Å². The molecule has 1 aliphatic heterocycles. The molecular weight excluding hydrogens is 187 g/mol. The molecule has 1 aliphatic rings. The first kappa shape index (κ1) is 10.3.